The molecule has 3 aromatic heterocycles. The highest BCUT2D eigenvalue weighted by molar-refractivity contribution is 7.22. The van der Waals surface area contributed by atoms with Crippen LogP contribution in [0.4, 0.5) is 21.1 Å². The number of aromatic amines is 1. The lowest BCUT2D eigenvalue weighted by Gasteiger charge is -2.34. The van der Waals surface area contributed by atoms with E-state index in [2.05, 4.69) is 26.5 Å². The van der Waals surface area contributed by atoms with Crippen LogP contribution in [0.3, 0.4) is 0 Å². The molecule has 0 bridgehead atoms. The van der Waals surface area contributed by atoms with Crippen LogP contribution in [0.1, 0.15) is 34.6 Å². The van der Waals surface area contributed by atoms with Gasteiger partial charge in [-0.15, -0.1) is 11.3 Å². The molecule has 0 radical (unpaired) electrons. The summed E-state index contributed by atoms with van der Waals surface area (Å²) in [5.74, 6) is 1.50. The maximum atomic E-state index is 13.2. The van der Waals surface area contributed by atoms with E-state index < -0.39 is 17.7 Å². The van der Waals surface area contributed by atoms with Gasteiger partial charge in [0.2, 0.25) is 0 Å². The molecule has 0 unspecified atom stereocenters. The van der Waals surface area contributed by atoms with Gasteiger partial charge >= 0.3 is 12.2 Å². The number of ether oxygens (including phenoxy) is 2. The van der Waals surface area contributed by atoms with Crippen LogP contribution in [0.15, 0.2) is 54.7 Å². The Labute approximate surface area is 259 Å². The molecule has 0 aliphatic carbocycles. The minimum absolute atomic E-state index is 0.159. The molecule has 11 nitrogen and oxygen atoms in total. The summed E-state index contributed by atoms with van der Waals surface area (Å²) in [6, 6.07) is 15.6. The first kappa shape index (κ1) is 29.5. The first-order chi connectivity index (χ1) is 21.1. The third kappa shape index (κ3) is 5.95. The van der Waals surface area contributed by atoms with Gasteiger partial charge in [-0.05, 0) is 64.4 Å². The van der Waals surface area contributed by atoms with E-state index in [9.17, 15) is 9.59 Å². The normalized spacial score (nSPS) is 13.9. The fraction of sp³-hybridized carbons (Fsp3) is 0.344. The summed E-state index contributed by atoms with van der Waals surface area (Å²) in [6.07, 6.45) is 0.272. The van der Waals surface area contributed by atoms with Gasteiger partial charge in [-0.1, -0.05) is 24.3 Å². The Kier molecular flexibility index (Phi) is 7.95. The van der Waals surface area contributed by atoms with Crippen molar-refractivity contribution in [1.29, 1.82) is 0 Å². The minimum Gasteiger partial charge on any atom is -0.378 e. The Hall–Kier alpha value is -4.55. The van der Waals surface area contributed by atoms with Crippen molar-refractivity contribution in [2.45, 2.75) is 46.2 Å². The van der Waals surface area contributed by atoms with Crippen LogP contribution in [0.5, 0.6) is 0 Å². The topological polar surface area (TPSA) is 126 Å². The van der Waals surface area contributed by atoms with Gasteiger partial charge < -0.3 is 19.7 Å². The molecule has 0 saturated carbocycles. The minimum atomic E-state index is -0.781. The molecule has 1 fully saturated rings. The van der Waals surface area contributed by atoms with E-state index in [0.717, 1.165) is 56.0 Å². The molecule has 228 valence electrons. The lowest BCUT2D eigenvalue weighted by Crippen LogP contribution is -2.48. The van der Waals surface area contributed by atoms with Crippen LogP contribution in [0, 0.1) is 0 Å². The molecule has 0 spiro atoms. The van der Waals surface area contributed by atoms with Crippen LogP contribution in [0.2, 0.25) is 0 Å². The molecule has 5 aromatic rings. The molecule has 2 N–H and O–H groups in total. The number of alkyl carbamates (subject to hydrolysis) is 1. The third-order valence-electron chi connectivity index (χ3n) is 7.22. The van der Waals surface area contributed by atoms with Crippen LogP contribution in [-0.2, 0) is 9.47 Å². The van der Waals surface area contributed by atoms with Crippen molar-refractivity contribution >= 4 is 56.1 Å². The number of morpholine rings is 1. The van der Waals surface area contributed by atoms with Crippen LogP contribution >= 0.6 is 11.3 Å². The predicted octanol–water partition coefficient (Wildman–Crippen LogP) is 6.60. The first-order valence-electron chi connectivity index (χ1n) is 14.6. The van der Waals surface area contributed by atoms with Crippen molar-refractivity contribution in [3.05, 3.63) is 54.7 Å². The zero-order valence-corrected chi connectivity index (χ0v) is 26.2. The van der Waals surface area contributed by atoms with E-state index >= 15 is 0 Å². The fourth-order valence-corrected chi connectivity index (χ4v) is 6.40. The molecular weight excluding hydrogens is 578 g/mol. The number of H-pyrrole nitrogens is 1. The highest BCUT2D eigenvalue weighted by Crippen LogP contribution is 2.40. The standard InChI is InChI=1S/C32H35N7O4S/c1-19(2)34-30(40)43-31(41)39(32(3,4)5)21-9-6-8-20(16-21)26-17-25-27(44-26)29(38-12-14-42-15-13-38)36-28(35-25)22-10-7-11-24-23(22)18-33-37-24/h6-11,16-19H,12-15H2,1-5H3,(H,33,37)(H,34,40). The number of hydrogen-bond donors (Lipinski definition) is 2. The zero-order valence-electron chi connectivity index (χ0n) is 25.4. The highest BCUT2D eigenvalue weighted by Gasteiger charge is 2.31. The second kappa shape index (κ2) is 11.9. The van der Waals surface area contributed by atoms with Gasteiger partial charge in [0.25, 0.3) is 0 Å². The van der Waals surface area contributed by atoms with Gasteiger partial charge in [0.1, 0.15) is 0 Å². The molecule has 44 heavy (non-hydrogen) atoms. The van der Waals surface area contributed by atoms with Gasteiger partial charge in [-0.25, -0.2) is 19.6 Å². The number of nitrogens with zero attached hydrogens (tertiary/aromatic N) is 5. The predicted molar refractivity (Wildman–Crippen MR) is 173 cm³/mol. The number of fused-ring (bicyclic) bond motifs is 2. The van der Waals surface area contributed by atoms with Crippen molar-refractivity contribution in [1.82, 2.24) is 25.5 Å². The van der Waals surface area contributed by atoms with E-state index in [1.807, 2.05) is 63.2 Å². The van der Waals surface area contributed by atoms with E-state index in [1.54, 1.807) is 31.4 Å². The van der Waals surface area contributed by atoms with Crippen LogP contribution < -0.4 is 15.1 Å². The summed E-state index contributed by atoms with van der Waals surface area (Å²) >= 11 is 1.61. The number of aromatic nitrogens is 4. The molecule has 2 amide bonds. The van der Waals surface area contributed by atoms with Gasteiger partial charge in [-0.3, -0.25) is 10.00 Å². The summed E-state index contributed by atoms with van der Waals surface area (Å²) in [5, 5.41) is 10.8. The molecular formula is C32H35N7O4S. The van der Waals surface area contributed by atoms with Crippen molar-refractivity contribution < 1.29 is 19.1 Å². The van der Waals surface area contributed by atoms with E-state index in [0.29, 0.717) is 24.7 Å². The third-order valence-corrected chi connectivity index (χ3v) is 8.39. The van der Waals surface area contributed by atoms with Gasteiger partial charge in [0.05, 0.1) is 35.1 Å². The Morgan fingerprint density at radius 3 is 2.61 bits per heavy atom. The summed E-state index contributed by atoms with van der Waals surface area (Å²) < 4.78 is 11.8. The summed E-state index contributed by atoms with van der Waals surface area (Å²) in [7, 11) is 0. The van der Waals surface area contributed by atoms with Crippen molar-refractivity contribution in [2.24, 2.45) is 0 Å². The molecule has 4 heterocycles. The number of thiophene rings is 1. The largest absolute Gasteiger partial charge is 0.423 e. The monoisotopic (exact) mass is 613 g/mol. The second-order valence-electron chi connectivity index (χ2n) is 11.9. The van der Waals surface area contributed by atoms with Gasteiger partial charge in [-0.2, -0.15) is 5.10 Å². The smallest absolute Gasteiger partial charge is 0.378 e. The molecule has 1 saturated heterocycles. The average Bonchev–Trinajstić information content (AvgIpc) is 3.63. The number of carbonyl (C=O) groups is 2. The molecule has 2 aromatic carbocycles. The van der Waals surface area contributed by atoms with Crippen molar-refractivity contribution in [2.75, 3.05) is 36.1 Å². The number of rotatable bonds is 5. The fourth-order valence-electron chi connectivity index (χ4n) is 5.29. The van der Waals surface area contributed by atoms with Crippen LogP contribution in [0.25, 0.3) is 42.9 Å². The average molecular weight is 614 g/mol. The number of nitrogens with one attached hydrogen (secondary N) is 2. The quantitative estimate of drug-likeness (QED) is 0.213. The number of hydrogen-bond acceptors (Lipinski definition) is 9. The first-order valence-corrected chi connectivity index (χ1v) is 15.4. The Bertz CT molecular complexity index is 1840. The molecule has 1 aliphatic rings. The van der Waals surface area contributed by atoms with E-state index in [4.69, 9.17) is 19.4 Å². The Morgan fingerprint density at radius 2 is 1.86 bits per heavy atom. The van der Waals surface area contributed by atoms with E-state index in [1.165, 1.54) is 4.90 Å². The Morgan fingerprint density at radius 1 is 1.09 bits per heavy atom. The summed E-state index contributed by atoms with van der Waals surface area (Å²) in [6.45, 7) is 12.0. The number of benzene rings is 2. The number of carbonyl (C=O) groups excluding carboxylic acids is 2. The Balaban J connectivity index is 1.42. The van der Waals surface area contributed by atoms with Crippen molar-refractivity contribution in [3.63, 3.8) is 0 Å². The zero-order chi connectivity index (χ0) is 31.0. The number of amides is 2. The summed E-state index contributed by atoms with van der Waals surface area (Å²) in [5.41, 5.74) is 3.52. The lowest BCUT2D eigenvalue weighted by atomic mass is 10.0. The van der Waals surface area contributed by atoms with Crippen LogP contribution in [-0.4, -0.2) is 70.2 Å². The molecule has 0 atom stereocenters. The molecule has 1 aliphatic heterocycles. The summed E-state index contributed by atoms with van der Waals surface area (Å²) in [4.78, 5) is 40.3. The van der Waals surface area contributed by atoms with Gasteiger partial charge in [0.15, 0.2) is 11.6 Å². The van der Waals surface area contributed by atoms with Gasteiger partial charge in [0, 0.05) is 46.2 Å². The lowest BCUT2D eigenvalue weighted by molar-refractivity contribution is 0.122. The molecule has 6 rings (SSSR count). The van der Waals surface area contributed by atoms with E-state index in [-0.39, 0.29) is 6.04 Å². The number of anilines is 2. The highest BCUT2D eigenvalue weighted by atomic mass is 32.1. The second-order valence-corrected chi connectivity index (χ2v) is 13.0. The van der Waals surface area contributed by atoms with Crippen molar-refractivity contribution in [3.8, 4) is 21.8 Å². The SMILES string of the molecule is CC(C)NC(=O)OC(=O)N(c1cccc(-c2cc3nc(-c4cccc5[nH]ncc45)nc(N4CCOCC4)c3s2)c1)C(C)(C)C. The molecule has 12 heteroatoms. The maximum absolute atomic E-state index is 13.2. The maximum Gasteiger partial charge on any atom is 0.423 e.